The van der Waals surface area contributed by atoms with Crippen molar-refractivity contribution in [3.05, 3.63) is 60.0 Å². The summed E-state index contributed by atoms with van der Waals surface area (Å²) >= 11 is 0.478. The number of hydrogen-bond donors (Lipinski definition) is 0. The molecular formula is C20H18F2N2O2S. The summed E-state index contributed by atoms with van der Waals surface area (Å²) in [6.45, 7) is 1.24. The third kappa shape index (κ3) is 3.98. The van der Waals surface area contributed by atoms with Crippen molar-refractivity contribution >= 4 is 28.8 Å². The van der Waals surface area contributed by atoms with Gasteiger partial charge in [-0.05, 0) is 49.2 Å². The van der Waals surface area contributed by atoms with E-state index in [4.69, 9.17) is 4.42 Å². The molecule has 1 aliphatic heterocycles. The number of alkyl halides is 2. The van der Waals surface area contributed by atoms with Gasteiger partial charge in [-0.2, -0.15) is 8.78 Å². The van der Waals surface area contributed by atoms with Gasteiger partial charge in [-0.25, -0.2) is 4.98 Å². The molecule has 7 heteroatoms. The van der Waals surface area contributed by atoms with Gasteiger partial charge in [0.2, 0.25) is 0 Å². The summed E-state index contributed by atoms with van der Waals surface area (Å²) in [7, 11) is 0. The Bertz CT molecular complexity index is 902. The molecule has 1 aliphatic rings. The monoisotopic (exact) mass is 388 g/mol. The van der Waals surface area contributed by atoms with Gasteiger partial charge in [-0.15, -0.1) is 0 Å². The highest BCUT2D eigenvalue weighted by molar-refractivity contribution is 7.99. The molecule has 4 nitrogen and oxygen atoms in total. The number of carbonyl (C=O) groups is 1. The van der Waals surface area contributed by atoms with Gasteiger partial charge in [-0.3, -0.25) is 4.79 Å². The van der Waals surface area contributed by atoms with E-state index in [1.165, 1.54) is 0 Å². The highest BCUT2D eigenvalue weighted by atomic mass is 32.2. The topological polar surface area (TPSA) is 46.3 Å². The molecule has 0 unspecified atom stereocenters. The molecule has 140 valence electrons. The fourth-order valence-corrected chi connectivity index (χ4v) is 3.85. The molecule has 4 rings (SSSR count). The zero-order chi connectivity index (χ0) is 18.8. The van der Waals surface area contributed by atoms with Gasteiger partial charge in [0.1, 0.15) is 5.52 Å². The van der Waals surface area contributed by atoms with Crippen LogP contribution in [0.5, 0.6) is 0 Å². The van der Waals surface area contributed by atoms with Crippen molar-refractivity contribution in [3.8, 4) is 0 Å². The maximum atomic E-state index is 12.6. The summed E-state index contributed by atoms with van der Waals surface area (Å²) in [5.41, 5.74) is 2.16. The average molecular weight is 388 g/mol. The number of amides is 1. The first kappa shape index (κ1) is 18.0. The fourth-order valence-electron chi connectivity index (χ4n) is 3.36. The van der Waals surface area contributed by atoms with Crippen LogP contribution in [0.25, 0.3) is 11.1 Å². The van der Waals surface area contributed by atoms with Crippen LogP contribution >= 0.6 is 11.8 Å². The first-order valence-corrected chi connectivity index (χ1v) is 9.68. The van der Waals surface area contributed by atoms with E-state index in [-0.39, 0.29) is 11.8 Å². The van der Waals surface area contributed by atoms with Gasteiger partial charge in [0.05, 0.1) is 0 Å². The predicted octanol–water partition coefficient (Wildman–Crippen LogP) is 5.16. The van der Waals surface area contributed by atoms with Crippen molar-refractivity contribution in [2.75, 3.05) is 13.1 Å². The zero-order valence-corrected chi connectivity index (χ0v) is 15.3. The van der Waals surface area contributed by atoms with Crippen molar-refractivity contribution in [3.63, 3.8) is 0 Å². The molecule has 1 amide bonds. The van der Waals surface area contributed by atoms with E-state index in [1.807, 2.05) is 24.3 Å². The number of para-hydroxylation sites is 2. The molecule has 1 saturated heterocycles. The molecule has 0 aliphatic carbocycles. The van der Waals surface area contributed by atoms with Crippen molar-refractivity contribution in [1.29, 1.82) is 0 Å². The second-order valence-corrected chi connectivity index (χ2v) is 7.55. The lowest BCUT2D eigenvalue weighted by Crippen LogP contribution is -2.37. The summed E-state index contributed by atoms with van der Waals surface area (Å²) in [4.78, 5) is 19.5. The Morgan fingerprint density at radius 3 is 2.48 bits per heavy atom. The number of oxazole rings is 1. The van der Waals surface area contributed by atoms with Crippen LogP contribution in [0.2, 0.25) is 0 Å². The first-order chi connectivity index (χ1) is 13.1. The molecule has 3 aromatic rings. The first-order valence-electron chi connectivity index (χ1n) is 8.80. The van der Waals surface area contributed by atoms with Crippen molar-refractivity contribution < 1.29 is 18.0 Å². The van der Waals surface area contributed by atoms with Crippen LogP contribution in [0.15, 0.2) is 57.8 Å². The lowest BCUT2D eigenvalue weighted by atomic mass is 9.96. The summed E-state index contributed by atoms with van der Waals surface area (Å²) in [5.74, 6) is -1.60. The van der Waals surface area contributed by atoms with Crippen LogP contribution in [0.3, 0.4) is 0 Å². The Balaban J connectivity index is 1.39. The number of halogens is 2. The summed E-state index contributed by atoms with van der Waals surface area (Å²) in [5, 5.41) is 0. The van der Waals surface area contributed by atoms with Crippen LogP contribution in [0.4, 0.5) is 8.78 Å². The van der Waals surface area contributed by atoms with E-state index >= 15 is 0 Å². The van der Waals surface area contributed by atoms with Gasteiger partial charge in [0, 0.05) is 29.5 Å². The molecule has 0 atom stereocenters. The number of aromatic nitrogens is 1. The van der Waals surface area contributed by atoms with E-state index in [0.717, 1.165) is 29.8 Å². The van der Waals surface area contributed by atoms with Gasteiger partial charge in [0.25, 0.3) is 11.7 Å². The van der Waals surface area contributed by atoms with Crippen LogP contribution in [-0.4, -0.2) is 34.6 Å². The molecule has 1 fully saturated rings. The summed E-state index contributed by atoms with van der Waals surface area (Å²) < 4.78 is 30.6. The Morgan fingerprint density at radius 1 is 1.11 bits per heavy atom. The predicted molar refractivity (Wildman–Crippen MR) is 100 cm³/mol. The van der Waals surface area contributed by atoms with E-state index in [9.17, 15) is 13.6 Å². The molecule has 2 aromatic carbocycles. The van der Waals surface area contributed by atoms with Crippen molar-refractivity contribution in [2.24, 2.45) is 0 Å². The van der Waals surface area contributed by atoms with Gasteiger partial charge < -0.3 is 9.32 Å². The maximum Gasteiger partial charge on any atom is 0.288 e. The molecule has 2 heterocycles. The molecule has 0 bridgehead atoms. The number of piperidine rings is 1. The van der Waals surface area contributed by atoms with Crippen LogP contribution < -0.4 is 0 Å². The molecular weight excluding hydrogens is 370 g/mol. The third-order valence-electron chi connectivity index (χ3n) is 4.77. The largest absolute Gasteiger partial charge is 0.440 e. The molecule has 27 heavy (non-hydrogen) atoms. The summed E-state index contributed by atoms with van der Waals surface area (Å²) in [6.07, 6.45) is 1.58. The minimum absolute atomic E-state index is 0.0698. The molecule has 1 aromatic heterocycles. The number of benzene rings is 2. The van der Waals surface area contributed by atoms with Crippen LogP contribution in [-0.2, 0) is 0 Å². The minimum atomic E-state index is -2.46. The third-order valence-corrected chi connectivity index (χ3v) is 5.49. The number of hydrogen-bond acceptors (Lipinski definition) is 4. The van der Waals surface area contributed by atoms with Crippen molar-refractivity contribution in [1.82, 2.24) is 9.88 Å². The Kier molecular flexibility index (Phi) is 5.11. The summed E-state index contributed by atoms with van der Waals surface area (Å²) in [6, 6.07) is 14.0. The SMILES string of the molecule is O=C(c1ccc(SC(F)F)cc1)N1CCC(c2nc3ccccc3o2)CC1. The standard InChI is InChI=1S/C20H18F2N2O2S/c21-20(22)27-15-7-5-14(6-8-15)19(25)24-11-9-13(10-12-24)18-23-16-3-1-2-4-17(16)26-18/h1-8,13,20H,9-12H2. The molecule has 0 saturated carbocycles. The smallest absolute Gasteiger partial charge is 0.288 e. The fraction of sp³-hybridized carbons (Fsp3) is 0.300. The molecule has 0 radical (unpaired) electrons. The number of likely N-dealkylation sites (tertiary alicyclic amines) is 1. The Labute approximate surface area is 159 Å². The lowest BCUT2D eigenvalue weighted by molar-refractivity contribution is 0.0706. The highest BCUT2D eigenvalue weighted by Gasteiger charge is 2.27. The quantitative estimate of drug-likeness (QED) is 0.579. The number of carbonyl (C=O) groups excluding carboxylic acids is 1. The number of rotatable bonds is 4. The van der Waals surface area contributed by atoms with E-state index in [2.05, 4.69) is 4.98 Å². The number of nitrogens with zero attached hydrogens (tertiary/aromatic N) is 2. The molecule has 0 N–H and O–H groups in total. The van der Waals surface area contributed by atoms with E-state index in [1.54, 1.807) is 29.2 Å². The molecule has 0 spiro atoms. The second-order valence-electron chi connectivity index (χ2n) is 6.49. The minimum Gasteiger partial charge on any atom is -0.440 e. The van der Waals surface area contributed by atoms with Gasteiger partial charge >= 0.3 is 0 Å². The Hall–Kier alpha value is -2.41. The van der Waals surface area contributed by atoms with Crippen LogP contribution in [0, 0.1) is 0 Å². The number of thioether (sulfide) groups is 1. The normalized spacial score (nSPS) is 15.6. The highest BCUT2D eigenvalue weighted by Crippen LogP contribution is 2.31. The van der Waals surface area contributed by atoms with Crippen molar-refractivity contribution in [2.45, 2.75) is 29.4 Å². The van der Waals surface area contributed by atoms with Gasteiger partial charge in [-0.1, -0.05) is 23.9 Å². The zero-order valence-electron chi connectivity index (χ0n) is 14.5. The van der Waals surface area contributed by atoms with Gasteiger partial charge in [0.15, 0.2) is 11.5 Å². The van der Waals surface area contributed by atoms with Crippen LogP contribution in [0.1, 0.15) is 35.0 Å². The number of fused-ring (bicyclic) bond motifs is 1. The maximum absolute atomic E-state index is 12.6. The second kappa shape index (κ2) is 7.68. The Morgan fingerprint density at radius 2 is 1.81 bits per heavy atom. The van der Waals surface area contributed by atoms with E-state index in [0.29, 0.717) is 35.3 Å². The van der Waals surface area contributed by atoms with E-state index < -0.39 is 5.76 Å². The average Bonchev–Trinajstić information content (AvgIpc) is 3.12. The lowest BCUT2D eigenvalue weighted by Gasteiger charge is -2.30.